The van der Waals surface area contributed by atoms with E-state index in [1.54, 1.807) is 0 Å². The predicted octanol–water partition coefficient (Wildman–Crippen LogP) is 4.34. The van der Waals surface area contributed by atoms with Gasteiger partial charge in [-0.1, -0.05) is 60.7 Å². The molecular formula is C35H38F2N4O5S. The summed E-state index contributed by atoms with van der Waals surface area (Å²) in [6, 6.07) is 24.5. The Balaban J connectivity index is 1.58. The molecule has 0 saturated heterocycles. The van der Waals surface area contributed by atoms with Crippen LogP contribution in [0.5, 0.6) is 0 Å². The van der Waals surface area contributed by atoms with Gasteiger partial charge in [0.2, 0.25) is 10.0 Å². The summed E-state index contributed by atoms with van der Waals surface area (Å²) in [4.78, 5) is 27.1. The smallest absolute Gasteiger partial charge is 0.251 e. The van der Waals surface area contributed by atoms with Gasteiger partial charge in [-0.3, -0.25) is 13.9 Å². The van der Waals surface area contributed by atoms with Crippen LogP contribution in [0.2, 0.25) is 0 Å². The molecule has 248 valence electrons. The highest BCUT2D eigenvalue weighted by molar-refractivity contribution is 7.92. The molecule has 0 aromatic heterocycles. The summed E-state index contributed by atoms with van der Waals surface area (Å²) < 4.78 is 53.0. The van der Waals surface area contributed by atoms with E-state index in [-0.39, 0.29) is 42.4 Å². The van der Waals surface area contributed by atoms with E-state index in [0.29, 0.717) is 5.56 Å². The van der Waals surface area contributed by atoms with Gasteiger partial charge in [0, 0.05) is 37.3 Å². The van der Waals surface area contributed by atoms with Crippen LogP contribution in [0.3, 0.4) is 0 Å². The topological polar surface area (TPSA) is 128 Å². The molecule has 0 bridgehead atoms. The van der Waals surface area contributed by atoms with Crippen LogP contribution in [-0.4, -0.2) is 57.3 Å². The standard InChI is InChI=1S/C35H38F2N4O5S/c1-23(26-12-8-5-9-13-26)39-34(43)27-17-28(19-31(18-27)41(2)47(3,45)46)35(44)40-32(16-24-10-6-4-7-11-24)33(42)22-38-21-25-14-29(36)20-30(37)15-25/h4-15,17-20,23,32-33,38,42H,16,21-22H2,1-3H3,(H,39,43)(H,40,44)/t23-,32+,33-/m1/s1. The van der Waals surface area contributed by atoms with Crippen LogP contribution < -0.4 is 20.3 Å². The third-order valence-electron chi connectivity index (χ3n) is 7.63. The number of hydrogen-bond donors (Lipinski definition) is 4. The van der Waals surface area contributed by atoms with Crippen molar-refractivity contribution in [1.29, 1.82) is 0 Å². The van der Waals surface area contributed by atoms with Crippen LogP contribution in [0.4, 0.5) is 14.5 Å². The van der Waals surface area contributed by atoms with Gasteiger partial charge < -0.3 is 21.1 Å². The number of rotatable bonds is 14. The van der Waals surface area contributed by atoms with Crippen molar-refractivity contribution >= 4 is 27.5 Å². The fraction of sp³-hybridized carbons (Fsp3) is 0.257. The van der Waals surface area contributed by atoms with Crippen LogP contribution >= 0.6 is 0 Å². The Morgan fingerprint density at radius 3 is 1.94 bits per heavy atom. The van der Waals surface area contributed by atoms with Crippen molar-refractivity contribution in [2.75, 3.05) is 24.2 Å². The van der Waals surface area contributed by atoms with E-state index >= 15 is 0 Å². The first-order chi connectivity index (χ1) is 22.3. The average Bonchev–Trinajstić information content (AvgIpc) is 3.03. The Kier molecular flexibility index (Phi) is 11.8. The first kappa shape index (κ1) is 35.2. The van der Waals surface area contributed by atoms with E-state index in [0.717, 1.165) is 27.8 Å². The summed E-state index contributed by atoms with van der Waals surface area (Å²) in [6.45, 7) is 1.84. The highest BCUT2D eigenvalue weighted by Gasteiger charge is 2.25. The number of sulfonamides is 1. The van der Waals surface area contributed by atoms with Crippen LogP contribution in [0.25, 0.3) is 0 Å². The van der Waals surface area contributed by atoms with Gasteiger partial charge in [-0.25, -0.2) is 17.2 Å². The normalized spacial score (nSPS) is 13.3. The van der Waals surface area contributed by atoms with Crippen LogP contribution in [0.15, 0.2) is 97.1 Å². The molecule has 0 radical (unpaired) electrons. The number of anilines is 1. The maximum atomic E-state index is 13.7. The monoisotopic (exact) mass is 664 g/mol. The molecule has 47 heavy (non-hydrogen) atoms. The first-order valence-corrected chi connectivity index (χ1v) is 16.8. The minimum absolute atomic E-state index is 0.00368. The number of aliphatic hydroxyl groups is 1. The molecule has 4 aromatic rings. The minimum atomic E-state index is -3.75. The predicted molar refractivity (Wildman–Crippen MR) is 177 cm³/mol. The van der Waals surface area contributed by atoms with Crippen molar-refractivity contribution in [3.05, 3.63) is 137 Å². The maximum absolute atomic E-state index is 13.7. The molecule has 0 heterocycles. The number of aliphatic hydroxyl groups excluding tert-OH is 1. The van der Waals surface area contributed by atoms with E-state index in [1.165, 1.54) is 37.4 Å². The average molecular weight is 665 g/mol. The number of nitrogens with one attached hydrogen (secondary N) is 3. The summed E-state index contributed by atoms with van der Waals surface area (Å²) >= 11 is 0. The Hall–Kier alpha value is -4.65. The maximum Gasteiger partial charge on any atom is 0.251 e. The van der Waals surface area contributed by atoms with Gasteiger partial charge in [0.25, 0.3) is 11.8 Å². The van der Waals surface area contributed by atoms with E-state index in [4.69, 9.17) is 0 Å². The lowest BCUT2D eigenvalue weighted by Gasteiger charge is -2.25. The van der Waals surface area contributed by atoms with E-state index in [2.05, 4.69) is 16.0 Å². The highest BCUT2D eigenvalue weighted by atomic mass is 32.2. The zero-order chi connectivity index (χ0) is 34.1. The molecule has 4 rings (SSSR count). The Bertz CT molecular complexity index is 1770. The minimum Gasteiger partial charge on any atom is -0.390 e. The van der Waals surface area contributed by atoms with Gasteiger partial charge in [0.1, 0.15) is 11.6 Å². The lowest BCUT2D eigenvalue weighted by molar-refractivity contribution is 0.0830. The molecule has 0 unspecified atom stereocenters. The second kappa shape index (κ2) is 15.8. The lowest BCUT2D eigenvalue weighted by Crippen LogP contribution is -2.48. The summed E-state index contributed by atoms with van der Waals surface area (Å²) in [5.41, 5.74) is 2.19. The quantitative estimate of drug-likeness (QED) is 0.159. The van der Waals surface area contributed by atoms with E-state index in [1.807, 2.05) is 67.6 Å². The Labute approximate surface area is 273 Å². The van der Waals surface area contributed by atoms with Crippen molar-refractivity contribution in [2.45, 2.75) is 38.1 Å². The van der Waals surface area contributed by atoms with Crippen LogP contribution in [0, 0.1) is 11.6 Å². The second-order valence-corrected chi connectivity index (χ2v) is 13.4. The molecule has 0 aliphatic heterocycles. The van der Waals surface area contributed by atoms with E-state index in [9.17, 15) is 31.9 Å². The van der Waals surface area contributed by atoms with Crippen LogP contribution in [0.1, 0.15) is 50.4 Å². The van der Waals surface area contributed by atoms with Crippen molar-refractivity contribution in [3.63, 3.8) is 0 Å². The van der Waals surface area contributed by atoms with E-state index < -0.39 is 45.6 Å². The van der Waals surface area contributed by atoms with Crippen molar-refractivity contribution < 1.29 is 31.9 Å². The SMILES string of the molecule is C[C@@H](NC(=O)c1cc(C(=O)N[C@@H](Cc2ccccc2)[C@H](O)CNCc2cc(F)cc(F)c2)cc(N(C)S(C)(=O)=O)c1)c1ccccc1. The van der Waals surface area contributed by atoms with Crippen LogP contribution in [-0.2, 0) is 23.0 Å². The highest BCUT2D eigenvalue weighted by Crippen LogP contribution is 2.22. The number of benzene rings is 4. The number of carbonyl (C=O) groups is 2. The lowest BCUT2D eigenvalue weighted by atomic mass is 10.00. The Morgan fingerprint density at radius 1 is 0.809 bits per heavy atom. The largest absolute Gasteiger partial charge is 0.390 e. The van der Waals surface area contributed by atoms with Gasteiger partial charge >= 0.3 is 0 Å². The van der Waals surface area contributed by atoms with Crippen molar-refractivity contribution in [2.24, 2.45) is 0 Å². The molecular weight excluding hydrogens is 626 g/mol. The van der Waals surface area contributed by atoms with Gasteiger partial charge in [0.15, 0.2) is 0 Å². The summed E-state index contributed by atoms with van der Waals surface area (Å²) in [5.74, 6) is -2.60. The molecule has 0 spiro atoms. The third-order valence-corrected chi connectivity index (χ3v) is 8.84. The summed E-state index contributed by atoms with van der Waals surface area (Å²) in [6.07, 6.45) is 0.0949. The molecule has 9 nitrogen and oxygen atoms in total. The number of halogens is 2. The molecule has 4 aromatic carbocycles. The third kappa shape index (κ3) is 10.2. The van der Waals surface area contributed by atoms with Crippen molar-refractivity contribution in [3.8, 4) is 0 Å². The molecule has 0 saturated carbocycles. The number of nitrogens with zero attached hydrogens (tertiary/aromatic N) is 1. The fourth-order valence-electron chi connectivity index (χ4n) is 4.97. The molecule has 12 heteroatoms. The number of amides is 2. The van der Waals surface area contributed by atoms with Crippen molar-refractivity contribution in [1.82, 2.24) is 16.0 Å². The molecule has 3 atom stereocenters. The summed E-state index contributed by atoms with van der Waals surface area (Å²) in [5, 5.41) is 19.9. The zero-order valence-corrected chi connectivity index (χ0v) is 27.1. The Morgan fingerprint density at radius 2 is 1.36 bits per heavy atom. The second-order valence-electron chi connectivity index (χ2n) is 11.4. The van der Waals surface area contributed by atoms with Gasteiger partial charge in [-0.2, -0.15) is 0 Å². The molecule has 4 N–H and O–H groups in total. The number of carbonyl (C=O) groups excluding carboxylic acids is 2. The van der Waals surface area contributed by atoms with Gasteiger partial charge in [-0.05, 0) is 60.4 Å². The van der Waals surface area contributed by atoms with Gasteiger partial charge in [0.05, 0.1) is 30.1 Å². The molecule has 0 fully saturated rings. The first-order valence-electron chi connectivity index (χ1n) is 14.9. The zero-order valence-electron chi connectivity index (χ0n) is 26.3. The molecule has 2 amide bonds. The molecule has 0 aliphatic rings. The summed E-state index contributed by atoms with van der Waals surface area (Å²) in [7, 11) is -2.43. The fourth-order valence-corrected chi connectivity index (χ4v) is 5.46. The van der Waals surface area contributed by atoms with Gasteiger partial charge in [-0.15, -0.1) is 0 Å². The molecule has 0 aliphatic carbocycles. The number of hydrogen-bond acceptors (Lipinski definition) is 6.